The topological polar surface area (TPSA) is 130 Å². The van der Waals surface area contributed by atoms with Crippen LogP contribution in [0.4, 0.5) is 11.4 Å². The molecule has 11 heteroatoms. The predicted octanol–water partition coefficient (Wildman–Crippen LogP) is 4.80. The SMILES string of the molecule is Cc1ccc2c(c1C)C(=O)O[C@@H]2[C@H]1c2c(cc3c(c2C)OCO3)CCN1c1cc([N+](=O)[O-])c2nonc2c1. The standard InChI is InChI=1S/C27H22N4O7/c1-12-4-5-17-22(13(12)2)27(32)37-26(17)24-21-14(3)25-20(35-11-36-25)8-15(21)6-7-30(24)16-9-18-23(29-38-28-18)19(10-16)31(33)34/h4-5,8-10,24,26H,6-7,11H2,1-3H3/t24-,26+/m1/s1. The third kappa shape index (κ3) is 3.04. The van der Waals surface area contributed by atoms with E-state index in [1.165, 1.54) is 6.07 Å². The molecule has 0 radical (unpaired) electrons. The lowest BCUT2D eigenvalue weighted by Gasteiger charge is -2.42. The maximum absolute atomic E-state index is 13.2. The highest BCUT2D eigenvalue weighted by Gasteiger charge is 2.45. The highest BCUT2D eigenvalue weighted by molar-refractivity contribution is 5.96. The van der Waals surface area contributed by atoms with Crippen molar-refractivity contribution in [2.24, 2.45) is 0 Å². The molecule has 7 rings (SSSR count). The Hall–Kier alpha value is -4.67. The largest absolute Gasteiger partial charge is 0.454 e. The Morgan fingerprint density at radius 1 is 1.08 bits per heavy atom. The Morgan fingerprint density at radius 2 is 1.92 bits per heavy atom. The van der Waals surface area contributed by atoms with Gasteiger partial charge in [-0.2, -0.15) is 0 Å². The molecule has 0 saturated heterocycles. The molecule has 4 heterocycles. The maximum Gasteiger partial charge on any atom is 0.339 e. The first kappa shape index (κ1) is 22.5. The van der Waals surface area contributed by atoms with E-state index >= 15 is 0 Å². The monoisotopic (exact) mass is 514 g/mol. The molecule has 3 aliphatic rings. The number of aromatic nitrogens is 2. The van der Waals surface area contributed by atoms with Crippen molar-refractivity contribution >= 4 is 28.4 Å². The number of rotatable bonds is 3. The Kier molecular flexibility index (Phi) is 4.69. The van der Waals surface area contributed by atoms with Gasteiger partial charge < -0.3 is 19.1 Å². The second-order valence-electron chi connectivity index (χ2n) is 9.85. The first-order chi connectivity index (χ1) is 18.3. The summed E-state index contributed by atoms with van der Waals surface area (Å²) in [5.41, 5.74) is 6.84. The average molecular weight is 514 g/mol. The summed E-state index contributed by atoms with van der Waals surface area (Å²) in [5.74, 6) is 0.968. The van der Waals surface area contributed by atoms with Gasteiger partial charge in [-0.15, -0.1) is 0 Å². The number of aryl methyl sites for hydroxylation is 1. The third-order valence-electron chi connectivity index (χ3n) is 7.94. The summed E-state index contributed by atoms with van der Waals surface area (Å²) in [5, 5.41) is 19.5. The van der Waals surface area contributed by atoms with Crippen molar-refractivity contribution in [3.05, 3.63) is 79.4 Å². The number of carbonyl (C=O) groups is 1. The molecule has 4 aromatic rings. The van der Waals surface area contributed by atoms with E-state index in [-0.39, 0.29) is 29.5 Å². The molecular weight excluding hydrogens is 492 g/mol. The zero-order valence-corrected chi connectivity index (χ0v) is 20.8. The Balaban J connectivity index is 1.47. The molecular formula is C27H22N4O7. The van der Waals surface area contributed by atoms with Gasteiger partial charge in [0.05, 0.1) is 16.5 Å². The summed E-state index contributed by atoms with van der Waals surface area (Å²) < 4.78 is 22.4. The molecule has 38 heavy (non-hydrogen) atoms. The summed E-state index contributed by atoms with van der Waals surface area (Å²) in [7, 11) is 0. The summed E-state index contributed by atoms with van der Waals surface area (Å²) in [6.07, 6.45) is -0.00718. The van der Waals surface area contributed by atoms with Crippen LogP contribution in [0.25, 0.3) is 11.0 Å². The van der Waals surface area contributed by atoms with E-state index in [4.69, 9.17) is 18.8 Å². The number of nitro groups is 1. The Labute approximate surface area is 216 Å². The number of carbonyl (C=O) groups excluding carboxylic acids is 1. The van der Waals surface area contributed by atoms with Gasteiger partial charge in [0.2, 0.25) is 12.3 Å². The molecule has 2 atom stereocenters. The smallest absolute Gasteiger partial charge is 0.339 e. The molecule has 0 spiro atoms. The summed E-state index contributed by atoms with van der Waals surface area (Å²) in [6, 6.07) is 8.62. The number of anilines is 1. The first-order valence-electron chi connectivity index (χ1n) is 12.2. The number of ether oxygens (including phenoxy) is 3. The minimum absolute atomic E-state index is 0.0796. The van der Waals surface area contributed by atoms with Gasteiger partial charge in [-0.3, -0.25) is 10.1 Å². The molecule has 11 nitrogen and oxygen atoms in total. The van der Waals surface area contributed by atoms with E-state index in [9.17, 15) is 14.9 Å². The summed E-state index contributed by atoms with van der Waals surface area (Å²) >= 11 is 0. The zero-order valence-electron chi connectivity index (χ0n) is 20.8. The normalized spacial score (nSPS) is 19.4. The van der Waals surface area contributed by atoms with E-state index in [2.05, 4.69) is 10.3 Å². The van der Waals surface area contributed by atoms with Crippen LogP contribution < -0.4 is 14.4 Å². The van der Waals surface area contributed by atoms with Crippen molar-refractivity contribution in [1.82, 2.24) is 10.3 Å². The van der Waals surface area contributed by atoms with Crippen molar-refractivity contribution in [2.75, 3.05) is 18.2 Å². The van der Waals surface area contributed by atoms with E-state index in [0.717, 1.165) is 33.4 Å². The minimum atomic E-state index is -0.653. The van der Waals surface area contributed by atoms with Crippen LogP contribution >= 0.6 is 0 Å². The van der Waals surface area contributed by atoms with Crippen molar-refractivity contribution in [1.29, 1.82) is 0 Å². The lowest BCUT2D eigenvalue weighted by molar-refractivity contribution is -0.383. The van der Waals surface area contributed by atoms with Gasteiger partial charge in [0, 0.05) is 29.4 Å². The highest BCUT2D eigenvalue weighted by Crippen LogP contribution is 2.52. The van der Waals surface area contributed by atoms with Crippen LogP contribution in [0, 0.1) is 30.9 Å². The molecule has 1 aromatic heterocycles. The van der Waals surface area contributed by atoms with Gasteiger partial charge in [-0.25, -0.2) is 9.42 Å². The minimum Gasteiger partial charge on any atom is -0.454 e. The quantitative estimate of drug-likeness (QED) is 0.213. The number of nitro benzene ring substituents is 1. The van der Waals surface area contributed by atoms with Crippen LogP contribution in [0.3, 0.4) is 0 Å². The van der Waals surface area contributed by atoms with E-state index in [1.807, 2.05) is 43.9 Å². The van der Waals surface area contributed by atoms with E-state index in [0.29, 0.717) is 35.7 Å². The van der Waals surface area contributed by atoms with Gasteiger partial charge in [-0.1, -0.05) is 12.1 Å². The Bertz CT molecular complexity index is 1690. The van der Waals surface area contributed by atoms with E-state index in [1.54, 1.807) is 6.07 Å². The molecule has 192 valence electrons. The second-order valence-corrected chi connectivity index (χ2v) is 9.85. The van der Waals surface area contributed by atoms with Gasteiger partial charge in [0.25, 0.3) is 0 Å². The zero-order chi connectivity index (χ0) is 26.3. The molecule has 0 fully saturated rings. The molecule has 3 aromatic carbocycles. The lowest BCUT2D eigenvalue weighted by Crippen LogP contribution is -2.39. The number of cyclic esters (lactones) is 1. The predicted molar refractivity (Wildman–Crippen MR) is 134 cm³/mol. The van der Waals surface area contributed by atoms with Crippen molar-refractivity contribution in [3.8, 4) is 11.5 Å². The van der Waals surface area contributed by atoms with Gasteiger partial charge >= 0.3 is 11.7 Å². The highest BCUT2D eigenvalue weighted by atomic mass is 16.7. The van der Waals surface area contributed by atoms with Crippen LogP contribution in [-0.2, 0) is 11.2 Å². The average Bonchev–Trinajstić information content (AvgIpc) is 3.64. The molecule has 0 aliphatic carbocycles. The fraction of sp³-hybridized carbons (Fsp3) is 0.296. The third-order valence-corrected chi connectivity index (χ3v) is 7.94. The molecule has 0 saturated carbocycles. The number of nitrogens with zero attached hydrogens (tertiary/aromatic N) is 4. The molecule has 0 bridgehead atoms. The number of fused-ring (bicyclic) bond motifs is 4. The Morgan fingerprint density at radius 3 is 2.74 bits per heavy atom. The molecule has 0 N–H and O–H groups in total. The van der Waals surface area contributed by atoms with Crippen LogP contribution in [0.1, 0.15) is 55.9 Å². The fourth-order valence-electron chi connectivity index (χ4n) is 6.03. The van der Waals surface area contributed by atoms with Crippen molar-refractivity contribution < 1.29 is 28.6 Å². The van der Waals surface area contributed by atoms with Crippen molar-refractivity contribution in [2.45, 2.75) is 39.3 Å². The first-order valence-corrected chi connectivity index (χ1v) is 12.2. The van der Waals surface area contributed by atoms with Crippen molar-refractivity contribution in [3.63, 3.8) is 0 Å². The fourth-order valence-corrected chi connectivity index (χ4v) is 6.03. The maximum atomic E-state index is 13.2. The number of hydrogen-bond acceptors (Lipinski definition) is 10. The number of esters is 1. The van der Waals surface area contributed by atoms with Crippen LogP contribution in [0.2, 0.25) is 0 Å². The van der Waals surface area contributed by atoms with Crippen LogP contribution in [-0.4, -0.2) is 34.5 Å². The van der Waals surface area contributed by atoms with E-state index < -0.39 is 17.1 Å². The summed E-state index contributed by atoms with van der Waals surface area (Å²) in [4.78, 5) is 26.7. The number of hydrogen-bond donors (Lipinski definition) is 0. The molecule has 3 aliphatic heterocycles. The molecule has 0 amide bonds. The van der Waals surface area contributed by atoms with Gasteiger partial charge in [-0.05, 0) is 71.9 Å². The van der Waals surface area contributed by atoms with Crippen LogP contribution in [0.15, 0.2) is 35.0 Å². The molecule has 0 unspecified atom stereocenters. The second kappa shape index (κ2) is 7.91. The number of benzene rings is 3. The lowest BCUT2D eigenvalue weighted by atomic mass is 9.82. The van der Waals surface area contributed by atoms with Gasteiger partial charge in [0.15, 0.2) is 17.6 Å². The number of non-ortho nitro benzene ring substituents is 1. The summed E-state index contributed by atoms with van der Waals surface area (Å²) in [6.45, 7) is 6.49. The van der Waals surface area contributed by atoms with Gasteiger partial charge in [0.1, 0.15) is 5.52 Å². The van der Waals surface area contributed by atoms with Crippen LogP contribution in [0.5, 0.6) is 11.5 Å².